The van der Waals surface area contributed by atoms with Crippen molar-refractivity contribution in [3.63, 3.8) is 0 Å². The molecule has 0 saturated heterocycles. The second-order valence-electron chi connectivity index (χ2n) is 2.95. The van der Waals surface area contributed by atoms with Crippen LogP contribution in [0.2, 0.25) is 0 Å². The molecule has 0 aliphatic heterocycles. The van der Waals surface area contributed by atoms with Crippen LogP contribution in [-0.4, -0.2) is 10.2 Å². The van der Waals surface area contributed by atoms with Crippen LogP contribution in [0.3, 0.4) is 0 Å². The first kappa shape index (κ1) is 20.8. The van der Waals surface area contributed by atoms with Crippen LogP contribution in [0, 0.1) is 0 Å². The molecule has 0 saturated carbocycles. The largest absolute Gasteiger partial charge is 2.00 e. The summed E-state index contributed by atoms with van der Waals surface area (Å²) in [6.45, 7) is 4.08. The minimum Gasteiger partial charge on any atom is -0.742 e. The maximum absolute atomic E-state index is 10.0. The van der Waals surface area contributed by atoms with Crippen molar-refractivity contribution < 1.29 is 30.0 Å². The van der Waals surface area contributed by atoms with Gasteiger partial charge in [0.2, 0.25) is 0 Å². The normalized spacial score (nSPS) is 8.13. The third-order valence-electron chi connectivity index (χ3n) is 1.47. The first-order chi connectivity index (χ1) is 6.54. The Hall–Kier alpha value is 0.442. The summed E-state index contributed by atoms with van der Waals surface area (Å²) in [5.74, 6) is 0. The molecule has 0 aliphatic carbocycles. The van der Waals surface area contributed by atoms with Gasteiger partial charge < -0.3 is 34.8 Å². The summed E-state index contributed by atoms with van der Waals surface area (Å²) >= 11 is 8.61. The summed E-state index contributed by atoms with van der Waals surface area (Å²) in [6, 6.07) is 0. The molecule has 5 heteroatoms. The molecule has 0 aromatic rings. The van der Waals surface area contributed by atoms with Gasteiger partial charge in [-0.05, 0) is 25.7 Å². The summed E-state index contributed by atoms with van der Waals surface area (Å²) in [5.41, 5.74) is 0. The van der Waals surface area contributed by atoms with Crippen molar-refractivity contribution in [3.05, 3.63) is 0 Å². The van der Waals surface area contributed by atoms with Crippen LogP contribution < -0.4 is 0 Å². The van der Waals surface area contributed by atoms with Crippen molar-refractivity contribution >= 4 is 35.5 Å². The third-order valence-corrected chi connectivity index (χ3v) is 1.88. The Balaban J connectivity index is -0.000000180. The van der Waals surface area contributed by atoms with E-state index in [1.165, 1.54) is 0 Å². The van der Waals surface area contributed by atoms with Crippen molar-refractivity contribution in [1.82, 2.24) is 0 Å². The van der Waals surface area contributed by atoms with Crippen molar-refractivity contribution in [2.75, 3.05) is 0 Å². The number of carbonyl (C=O) groups excluding carboxylic acids is 2. The fourth-order valence-corrected chi connectivity index (χ4v) is 0.931. The number of unbranched alkanes of at least 4 members (excludes halogenated alkanes) is 2. The topological polar surface area (TPSA) is 34.1 Å². The van der Waals surface area contributed by atoms with Crippen LogP contribution in [-0.2, 0) is 55.3 Å². The van der Waals surface area contributed by atoms with Gasteiger partial charge in [-0.3, -0.25) is 0 Å². The number of hydrogen-bond acceptors (Lipinski definition) is 4. The predicted molar refractivity (Wildman–Crippen MR) is 63.8 cm³/mol. The molecule has 0 unspecified atom stereocenters. The molecule has 0 atom stereocenters. The molecule has 0 bridgehead atoms. The van der Waals surface area contributed by atoms with E-state index >= 15 is 0 Å². The first-order valence-corrected chi connectivity index (χ1v) is 5.75. The predicted octanol–water partition coefficient (Wildman–Crippen LogP) is 2.50. The molecule has 0 amide bonds. The van der Waals surface area contributed by atoms with E-state index in [1.54, 1.807) is 0 Å². The van der Waals surface area contributed by atoms with Gasteiger partial charge in [-0.2, -0.15) is 0 Å². The number of carbonyl (C=O) groups is 2. The van der Waals surface area contributed by atoms with Gasteiger partial charge in [0.1, 0.15) is 0 Å². The van der Waals surface area contributed by atoms with E-state index in [0.717, 1.165) is 25.7 Å². The van der Waals surface area contributed by atoms with E-state index in [1.807, 2.05) is 13.8 Å². The van der Waals surface area contributed by atoms with E-state index in [2.05, 4.69) is 25.3 Å². The van der Waals surface area contributed by atoms with Gasteiger partial charge in [0, 0.05) is 10.2 Å². The Morgan fingerprint density at radius 2 is 1.13 bits per heavy atom. The molecule has 0 aromatic carbocycles. The molecular weight excluding hydrogens is 323 g/mol. The van der Waals surface area contributed by atoms with E-state index in [0.29, 0.717) is 12.8 Å². The SMILES string of the molecule is CCCCC(=O)[S-].CCCCC(=O)[S-].[Pd+2]. The Kier molecular flexibility index (Phi) is 23.4. The van der Waals surface area contributed by atoms with Gasteiger partial charge in [0.05, 0.1) is 0 Å². The van der Waals surface area contributed by atoms with Crippen molar-refractivity contribution in [2.45, 2.75) is 52.4 Å². The summed E-state index contributed by atoms with van der Waals surface area (Å²) < 4.78 is 0. The molecule has 0 rings (SSSR count). The number of rotatable bonds is 6. The van der Waals surface area contributed by atoms with E-state index in [4.69, 9.17) is 0 Å². The molecule has 0 N–H and O–H groups in total. The minimum atomic E-state index is -0.109. The Bertz CT molecular complexity index is 146. The van der Waals surface area contributed by atoms with Gasteiger partial charge in [-0.1, -0.05) is 26.7 Å². The molecule has 0 aromatic heterocycles. The van der Waals surface area contributed by atoms with Crippen LogP contribution in [0.4, 0.5) is 0 Å². The molecule has 0 heterocycles. The quantitative estimate of drug-likeness (QED) is 0.549. The molecule has 0 radical (unpaired) electrons. The molecule has 15 heavy (non-hydrogen) atoms. The van der Waals surface area contributed by atoms with Gasteiger partial charge in [0.15, 0.2) is 0 Å². The van der Waals surface area contributed by atoms with E-state index in [9.17, 15) is 9.59 Å². The average molecular weight is 341 g/mol. The van der Waals surface area contributed by atoms with E-state index in [-0.39, 0.29) is 30.7 Å². The summed E-state index contributed by atoms with van der Waals surface area (Å²) in [7, 11) is 0. The van der Waals surface area contributed by atoms with Crippen LogP contribution in [0.15, 0.2) is 0 Å². The third kappa shape index (κ3) is 31.4. The second-order valence-corrected chi connectivity index (χ2v) is 3.86. The Morgan fingerprint density at radius 3 is 1.20 bits per heavy atom. The zero-order valence-corrected chi connectivity index (χ0v) is 12.4. The molecule has 0 spiro atoms. The Morgan fingerprint density at radius 1 is 0.867 bits per heavy atom. The van der Waals surface area contributed by atoms with Crippen molar-refractivity contribution in [2.24, 2.45) is 0 Å². The molecule has 0 fully saturated rings. The zero-order valence-electron chi connectivity index (χ0n) is 9.19. The maximum atomic E-state index is 10.0. The first-order valence-electron chi connectivity index (χ1n) is 4.94. The fourth-order valence-electron chi connectivity index (χ4n) is 0.642. The van der Waals surface area contributed by atoms with Gasteiger partial charge >= 0.3 is 20.4 Å². The molecule has 0 aliphatic rings. The maximum Gasteiger partial charge on any atom is 2.00 e. The van der Waals surface area contributed by atoms with Gasteiger partial charge in [0.25, 0.3) is 0 Å². The number of hydrogen-bond donors (Lipinski definition) is 0. The standard InChI is InChI=1S/2C5H10OS.Pd/c2*1-2-3-4-5(6)7;/h2*2-4H2,1H3,(H,6,7);/q;;+2/p-2. The monoisotopic (exact) mass is 340 g/mol. The van der Waals surface area contributed by atoms with Crippen LogP contribution in [0.5, 0.6) is 0 Å². The van der Waals surface area contributed by atoms with Crippen molar-refractivity contribution in [3.8, 4) is 0 Å². The van der Waals surface area contributed by atoms with Crippen LogP contribution in [0.25, 0.3) is 0 Å². The van der Waals surface area contributed by atoms with Gasteiger partial charge in [-0.25, -0.2) is 0 Å². The summed E-state index contributed by atoms with van der Waals surface area (Å²) in [4.78, 5) is 20.0. The summed E-state index contributed by atoms with van der Waals surface area (Å²) in [6.07, 6.45) is 5.16. The van der Waals surface area contributed by atoms with Crippen LogP contribution in [0.1, 0.15) is 52.4 Å². The summed E-state index contributed by atoms with van der Waals surface area (Å²) in [5, 5.41) is -0.219. The molecule has 92 valence electrons. The molecule has 2 nitrogen and oxygen atoms in total. The van der Waals surface area contributed by atoms with Gasteiger partial charge in [-0.15, -0.1) is 0 Å². The fraction of sp³-hybridized carbons (Fsp3) is 0.800. The average Bonchev–Trinajstić information content (AvgIpc) is 2.12. The minimum absolute atomic E-state index is 0. The van der Waals surface area contributed by atoms with Crippen LogP contribution >= 0.6 is 0 Å². The molecular formula is C10H18O2PdS2. The van der Waals surface area contributed by atoms with Crippen molar-refractivity contribution in [1.29, 1.82) is 0 Å². The Labute approximate surface area is 117 Å². The zero-order chi connectivity index (χ0) is 11.4. The second kappa shape index (κ2) is 16.9. The van der Waals surface area contributed by atoms with E-state index < -0.39 is 0 Å². The smallest absolute Gasteiger partial charge is 0.742 e.